The van der Waals surface area contributed by atoms with Gasteiger partial charge in [-0.1, -0.05) is 20.8 Å². The number of hydrogen-bond acceptors (Lipinski definition) is 2. The Morgan fingerprint density at radius 3 is 2.50 bits per heavy atom. The molecular formula is C11H18N2O. The molecule has 0 unspecified atom stereocenters. The van der Waals surface area contributed by atoms with Crippen molar-refractivity contribution < 1.29 is 0 Å². The summed E-state index contributed by atoms with van der Waals surface area (Å²) >= 11 is 0. The Balaban J connectivity index is 3.11. The molecule has 0 radical (unpaired) electrons. The molecule has 0 bridgehead atoms. The minimum Gasteiger partial charge on any atom is -0.397 e. The first-order chi connectivity index (χ1) is 6.29. The molecule has 0 saturated carbocycles. The van der Waals surface area contributed by atoms with E-state index in [2.05, 4.69) is 20.8 Å². The maximum atomic E-state index is 11.6. The highest BCUT2D eigenvalue weighted by atomic mass is 16.1. The van der Waals surface area contributed by atoms with Crippen molar-refractivity contribution in [1.82, 2.24) is 4.57 Å². The van der Waals surface area contributed by atoms with Crippen LogP contribution < -0.4 is 11.3 Å². The Morgan fingerprint density at radius 1 is 1.43 bits per heavy atom. The van der Waals surface area contributed by atoms with E-state index in [0.29, 0.717) is 12.2 Å². The molecule has 1 rings (SSSR count). The van der Waals surface area contributed by atoms with E-state index in [1.54, 1.807) is 16.8 Å². The SMILES string of the molecule is Cc1cc(=O)n(CC(C)(C)C)cc1N. The van der Waals surface area contributed by atoms with Gasteiger partial charge in [0.1, 0.15) is 0 Å². The summed E-state index contributed by atoms with van der Waals surface area (Å²) in [7, 11) is 0. The maximum Gasteiger partial charge on any atom is 0.250 e. The second kappa shape index (κ2) is 3.48. The summed E-state index contributed by atoms with van der Waals surface area (Å²) in [6.45, 7) is 8.81. The number of nitrogen functional groups attached to an aromatic ring is 1. The highest BCUT2D eigenvalue weighted by Gasteiger charge is 2.12. The second-order valence-electron chi connectivity index (χ2n) is 4.94. The molecule has 1 aromatic rings. The van der Waals surface area contributed by atoms with Crippen LogP contribution in [0.3, 0.4) is 0 Å². The van der Waals surface area contributed by atoms with Gasteiger partial charge >= 0.3 is 0 Å². The highest BCUT2D eigenvalue weighted by molar-refractivity contribution is 5.42. The minimum absolute atomic E-state index is 0.0200. The van der Waals surface area contributed by atoms with E-state index in [1.807, 2.05) is 6.92 Å². The molecule has 0 aliphatic heterocycles. The monoisotopic (exact) mass is 194 g/mol. The molecule has 78 valence electrons. The van der Waals surface area contributed by atoms with Crippen molar-refractivity contribution in [2.24, 2.45) is 5.41 Å². The highest BCUT2D eigenvalue weighted by Crippen LogP contribution is 2.16. The third-order valence-electron chi connectivity index (χ3n) is 2.02. The summed E-state index contributed by atoms with van der Waals surface area (Å²) in [6, 6.07) is 1.58. The van der Waals surface area contributed by atoms with E-state index in [9.17, 15) is 4.79 Å². The van der Waals surface area contributed by atoms with Gasteiger partial charge in [-0.2, -0.15) is 0 Å². The molecule has 1 aromatic heterocycles. The van der Waals surface area contributed by atoms with Crippen molar-refractivity contribution in [2.45, 2.75) is 34.2 Å². The average Bonchev–Trinajstić information content (AvgIpc) is 1.97. The van der Waals surface area contributed by atoms with Crippen molar-refractivity contribution >= 4 is 5.69 Å². The largest absolute Gasteiger partial charge is 0.397 e. The quantitative estimate of drug-likeness (QED) is 0.740. The van der Waals surface area contributed by atoms with Gasteiger partial charge < -0.3 is 10.3 Å². The number of nitrogens with two attached hydrogens (primary N) is 1. The van der Waals surface area contributed by atoms with Crippen LogP contribution in [-0.4, -0.2) is 4.57 Å². The standard InChI is InChI=1S/C11H18N2O/c1-8-5-10(14)13(6-9(8)12)7-11(2,3)4/h5-6H,7,12H2,1-4H3. The molecule has 1 heterocycles. The van der Waals surface area contributed by atoms with Crippen LogP contribution in [0.25, 0.3) is 0 Å². The lowest BCUT2D eigenvalue weighted by Crippen LogP contribution is -2.26. The van der Waals surface area contributed by atoms with Crippen molar-refractivity contribution in [3.8, 4) is 0 Å². The molecular weight excluding hydrogens is 176 g/mol. The third-order valence-corrected chi connectivity index (χ3v) is 2.02. The van der Waals surface area contributed by atoms with E-state index in [0.717, 1.165) is 5.56 Å². The van der Waals surface area contributed by atoms with Gasteiger partial charge in [0.15, 0.2) is 0 Å². The van der Waals surface area contributed by atoms with E-state index in [1.165, 1.54) is 0 Å². The molecule has 3 heteroatoms. The molecule has 14 heavy (non-hydrogen) atoms. The summed E-state index contributed by atoms with van der Waals surface area (Å²) in [4.78, 5) is 11.6. The average molecular weight is 194 g/mol. The Morgan fingerprint density at radius 2 is 2.00 bits per heavy atom. The molecule has 0 spiro atoms. The smallest absolute Gasteiger partial charge is 0.250 e. The minimum atomic E-state index is 0.0200. The molecule has 3 nitrogen and oxygen atoms in total. The first-order valence-electron chi connectivity index (χ1n) is 4.76. The summed E-state index contributed by atoms with van der Waals surface area (Å²) in [5.41, 5.74) is 7.38. The van der Waals surface area contributed by atoms with Crippen molar-refractivity contribution in [1.29, 1.82) is 0 Å². The van der Waals surface area contributed by atoms with Crippen LogP contribution in [0.5, 0.6) is 0 Å². The van der Waals surface area contributed by atoms with E-state index >= 15 is 0 Å². The van der Waals surface area contributed by atoms with Gasteiger partial charge in [-0.3, -0.25) is 4.79 Å². The number of hydrogen-bond donors (Lipinski definition) is 1. The van der Waals surface area contributed by atoms with Crippen molar-refractivity contribution in [3.05, 3.63) is 28.2 Å². The molecule has 0 amide bonds. The Bertz CT molecular complexity index is 385. The normalized spacial score (nSPS) is 11.7. The molecule has 0 atom stereocenters. The van der Waals surface area contributed by atoms with Crippen LogP contribution in [0.1, 0.15) is 26.3 Å². The van der Waals surface area contributed by atoms with Gasteiger partial charge in [0, 0.05) is 18.8 Å². The van der Waals surface area contributed by atoms with Crippen molar-refractivity contribution in [3.63, 3.8) is 0 Å². The number of aryl methyl sites for hydroxylation is 1. The van der Waals surface area contributed by atoms with Crippen LogP contribution in [0.15, 0.2) is 17.1 Å². The molecule has 0 fully saturated rings. The number of aromatic nitrogens is 1. The number of rotatable bonds is 1. The van der Waals surface area contributed by atoms with Gasteiger partial charge in [-0.15, -0.1) is 0 Å². The van der Waals surface area contributed by atoms with E-state index in [-0.39, 0.29) is 11.0 Å². The zero-order valence-electron chi connectivity index (χ0n) is 9.29. The van der Waals surface area contributed by atoms with Crippen LogP contribution in [0.2, 0.25) is 0 Å². The number of nitrogens with zero attached hydrogens (tertiary/aromatic N) is 1. The number of pyridine rings is 1. The van der Waals surface area contributed by atoms with Gasteiger partial charge in [0.25, 0.3) is 5.56 Å². The van der Waals surface area contributed by atoms with Crippen LogP contribution in [-0.2, 0) is 6.54 Å². The topological polar surface area (TPSA) is 48.0 Å². The predicted octanol–water partition coefficient (Wildman–Crippen LogP) is 1.79. The second-order valence-corrected chi connectivity index (χ2v) is 4.94. The molecule has 2 N–H and O–H groups in total. The fourth-order valence-corrected chi connectivity index (χ4v) is 1.32. The van der Waals surface area contributed by atoms with Crippen LogP contribution in [0, 0.1) is 12.3 Å². The van der Waals surface area contributed by atoms with Crippen molar-refractivity contribution in [2.75, 3.05) is 5.73 Å². The first-order valence-corrected chi connectivity index (χ1v) is 4.76. The fourth-order valence-electron chi connectivity index (χ4n) is 1.32. The first kappa shape index (κ1) is 10.8. The summed E-state index contributed by atoms with van der Waals surface area (Å²) in [5.74, 6) is 0. The third kappa shape index (κ3) is 2.62. The zero-order chi connectivity index (χ0) is 10.9. The van der Waals surface area contributed by atoms with Gasteiger partial charge in [0.2, 0.25) is 0 Å². The Labute approximate surface area is 84.6 Å². The predicted molar refractivity (Wildman–Crippen MR) is 59.3 cm³/mol. The number of anilines is 1. The van der Waals surface area contributed by atoms with Crippen LogP contribution >= 0.6 is 0 Å². The maximum absolute atomic E-state index is 11.6. The van der Waals surface area contributed by atoms with Crippen LogP contribution in [0.4, 0.5) is 5.69 Å². The summed E-state index contributed by atoms with van der Waals surface area (Å²) in [6.07, 6.45) is 1.73. The molecule has 0 aromatic carbocycles. The summed E-state index contributed by atoms with van der Waals surface area (Å²) < 4.78 is 1.67. The molecule has 0 aliphatic rings. The zero-order valence-corrected chi connectivity index (χ0v) is 9.29. The van der Waals surface area contributed by atoms with Gasteiger partial charge in [0.05, 0.1) is 5.69 Å². The lowest BCUT2D eigenvalue weighted by Gasteiger charge is -2.20. The van der Waals surface area contributed by atoms with E-state index < -0.39 is 0 Å². The molecule has 0 aliphatic carbocycles. The van der Waals surface area contributed by atoms with Gasteiger partial charge in [-0.25, -0.2) is 0 Å². The summed E-state index contributed by atoms with van der Waals surface area (Å²) in [5, 5.41) is 0. The Kier molecular flexibility index (Phi) is 2.69. The fraction of sp³-hybridized carbons (Fsp3) is 0.545. The lowest BCUT2D eigenvalue weighted by molar-refractivity contribution is 0.338. The molecule has 0 saturated heterocycles. The lowest BCUT2D eigenvalue weighted by atomic mass is 9.97. The van der Waals surface area contributed by atoms with Gasteiger partial charge in [-0.05, 0) is 17.9 Å². The Hall–Kier alpha value is -1.25. The van der Waals surface area contributed by atoms with E-state index in [4.69, 9.17) is 5.73 Å².